The molecule has 0 bridgehead atoms. The Kier molecular flexibility index (Phi) is 4.27. The van der Waals surface area contributed by atoms with Crippen LogP contribution < -0.4 is 5.32 Å². The second-order valence-corrected chi connectivity index (χ2v) is 5.97. The van der Waals surface area contributed by atoms with Crippen LogP contribution >= 0.6 is 0 Å². The molecule has 0 aromatic carbocycles. The van der Waals surface area contributed by atoms with E-state index < -0.39 is 0 Å². The molecule has 1 saturated heterocycles. The molecule has 5 nitrogen and oxygen atoms in total. The quantitative estimate of drug-likeness (QED) is 0.862. The highest BCUT2D eigenvalue weighted by molar-refractivity contribution is 5.94. The van der Waals surface area contributed by atoms with Gasteiger partial charge in [0.15, 0.2) is 0 Å². The first kappa shape index (κ1) is 14.2. The molecule has 1 aliphatic carbocycles. The summed E-state index contributed by atoms with van der Waals surface area (Å²) in [6.07, 6.45) is 8.83. The number of nitrogens with one attached hydrogen (secondary N) is 1. The van der Waals surface area contributed by atoms with Crippen molar-refractivity contribution in [2.45, 2.75) is 44.6 Å². The van der Waals surface area contributed by atoms with Gasteiger partial charge in [0.05, 0.1) is 17.7 Å². The van der Waals surface area contributed by atoms with Gasteiger partial charge in [0.1, 0.15) is 6.26 Å². The van der Waals surface area contributed by atoms with Gasteiger partial charge >= 0.3 is 0 Å². The Hall–Kier alpha value is -1.78. The van der Waals surface area contributed by atoms with Crippen molar-refractivity contribution < 1.29 is 14.0 Å². The van der Waals surface area contributed by atoms with Crippen LogP contribution in [0.4, 0.5) is 0 Å². The zero-order valence-corrected chi connectivity index (χ0v) is 12.2. The molecule has 1 aliphatic heterocycles. The Morgan fingerprint density at radius 3 is 2.95 bits per heavy atom. The lowest BCUT2D eigenvalue weighted by Crippen LogP contribution is -2.48. The van der Waals surface area contributed by atoms with Crippen molar-refractivity contribution in [3.63, 3.8) is 0 Å². The van der Waals surface area contributed by atoms with Gasteiger partial charge in [-0.3, -0.25) is 9.59 Å². The summed E-state index contributed by atoms with van der Waals surface area (Å²) >= 11 is 0. The number of carbonyl (C=O) groups is 2. The fourth-order valence-corrected chi connectivity index (χ4v) is 3.52. The molecule has 1 saturated carbocycles. The molecule has 114 valence electrons. The van der Waals surface area contributed by atoms with Crippen molar-refractivity contribution in [2.75, 3.05) is 13.1 Å². The van der Waals surface area contributed by atoms with E-state index >= 15 is 0 Å². The van der Waals surface area contributed by atoms with Gasteiger partial charge in [0, 0.05) is 19.1 Å². The number of hydrogen-bond donors (Lipinski definition) is 1. The van der Waals surface area contributed by atoms with E-state index in [-0.39, 0.29) is 23.8 Å². The van der Waals surface area contributed by atoms with Crippen LogP contribution in [-0.4, -0.2) is 35.8 Å². The minimum absolute atomic E-state index is 0.00553. The number of rotatable bonds is 1. The van der Waals surface area contributed by atoms with Crippen molar-refractivity contribution in [3.8, 4) is 0 Å². The predicted octanol–water partition coefficient (Wildman–Crippen LogP) is 2.19. The Labute approximate surface area is 124 Å². The van der Waals surface area contributed by atoms with Crippen LogP contribution in [0.25, 0.3) is 0 Å². The maximum Gasteiger partial charge on any atom is 0.257 e. The largest absolute Gasteiger partial charge is 0.472 e. The average Bonchev–Trinajstić information content (AvgIpc) is 3.16. The molecule has 2 heterocycles. The predicted molar refractivity (Wildman–Crippen MR) is 77.7 cm³/mol. The van der Waals surface area contributed by atoms with E-state index in [0.717, 1.165) is 51.6 Å². The summed E-state index contributed by atoms with van der Waals surface area (Å²) in [7, 11) is 0. The minimum Gasteiger partial charge on any atom is -0.472 e. The molecule has 2 aliphatic rings. The normalized spacial score (nSPS) is 27.0. The minimum atomic E-state index is -0.0565. The van der Waals surface area contributed by atoms with Crippen molar-refractivity contribution in [3.05, 3.63) is 24.2 Å². The van der Waals surface area contributed by atoms with Crippen LogP contribution in [0.1, 0.15) is 48.9 Å². The summed E-state index contributed by atoms with van der Waals surface area (Å²) in [4.78, 5) is 26.9. The number of carbonyl (C=O) groups excluding carboxylic acids is 2. The van der Waals surface area contributed by atoms with E-state index in [2.05, 4.69) is 5.32 Å². The average molecular weight is 290 g/mol. The van der Waals surface area contributed by atoms with Crippen molar-refractivity contribution >= 4 is 11.8 Å². The Morgan fingerprint density at radius 1 is 1.24 bits per heavy atom. The molecule has 2 amide bonds. The van der Waals surface area contributed by atoms with E-state index in [4.69, 9.17) is 4.42 Å². The Morgan fingerprint density at radius 2 is 2.14 bits per heavy atom. The molecule has 2 unspecified atom stereocenters. The molecule has 1 aromatic rings. The second kappa shape index (κ2) is 6.33. The number of fused-ring (bicyclic) bond motifs is 1. The summed E-state index contributed by atoms with van der Waals surface area (Å²) < 4.78 is 5.03. The molecular formula is C16H22N2O3. The topological polar surface area (TPSA) is 62.6 Å². The summed E-state index contributed by atoms with van der Waals surface area (Å²) in [6, 6.07) is 1.73. The molecule has 2 fully saturated rings. The molecule has 0 spiro atoms. The van der Waals surface area contributed by atoms with E-state index in [1.54, 1.807) is 6.07 Å². The third kappa shape index (κ3) is 2.96. The van der Waals surface area contributed by atoms with E-state index in [9.17, 15) is 9.59 Å². The first-order valence-electron chi connectivity index (χ1n) is 7.88. The van der Waals surface area contributed by atoms with Gasteiger partial charge in [-0.25, -0.2) is 0 Å². The fraction of sp³-hybridized carbons (Fsp3) is 0.625. The van der Waals surface area contributed by atoms with Crippen molar-refractivity contribution in [1.29, 1.82) is 0 Å². The summed E-state index contributed by atoms with van der Waals surface area (Å²) in [5.74, 6) is 0.0531. The van der Waals surface area contributed by atoms with Gasteiger partial charge < -0.3 is 14.6 Å². The van der Waals surface area contributed by atoms with E-state index in [1.165, 1.54) is 12.5 Å². The lowest BCUT2D eigenvalue weighted by Gasteiger charge is -2.33. The highest BCUT2D eigenvalue weighted by Gasteiger charge is 2.39. The van der Waals surface area contributed by atoms with E-state index in [0.29, 0.717) is 5.56 Å². The highest BCUT2D eigenvalue weighted by atomic mass is 16.3. The summed E-state index contributed by atoms with van der Waals surface area (Å²) in [5, 5.41) is 3.02. The van der Waals surface area contributed by atoms with Crippen LogP contribution in [0.3, 0.4) is 0 Å². The zero-order valence-electron chi connectivity index (χ0n) is 12.2. The third-order valence-electron chi connectivity index (χ3n) is 4.62. The van der Waals surface area contributed by atoms with Gasteiger partial charge in [-0.1, -0.05) is 6.42 Å². The molecule has 1 aromatic heterocycles. The molecule has 3 rings (SSSR count). The zero-order chi connectivity index (χ0) is 14.7. The SMILES string of the molecule is O=C1NCCCCCN(C(=O)c2ccoc2)C2CCCC12. The standard InChI is InChI=1S/C16H22N2O3/c19-15-13-5-4-6-14(13)18(9-3-1-2-8-17-15)16(20)12-7-10-21-11-12/h7,10-11,13-14H,1-6,8-9H2,(H,17,19). The number of furan rings is 1. The van der Waals surface area contributed by atoms with Crippen LogP contribution in [0.15, 0.2) is 23.0 Å². The monoisotopic (exact) mass is 290 g/mol. The summed E-state index contributed by atoms with van der Waals surface area (Å²) in [6.45, 7) is 1.50. The second-order valence-electron chi connectivity index (χ2n) is 5.97. The maximum atomic E-state index is 12.7. The number of amides is 2. The lowest BCUT2D eigenvalue weighted by atomic mass is 9.98. The first-order valence-corrected chi connectivity index (χ1v) is 7.88. The molecule has 0 radical (unpaired) electrons. The number of hydrogen-bond acceptors (Lipinski definition) is 3. The van der Waals surface area contributed by atoms with Crippen LogP contribution in [0.2, 0.25) is 0 Å². The van der Waals surface area contributed by atoms with Gasteiger partial charge in [-0.05, 0) is 38.2 Å². The van der Waals surface area contributed by atoms with Crippen molar-refractivity contribution in [1.82, 2.24) is 10.2 Å². The smallest absolute Gasteiger partial charge is 0.257 e. The van der Waals surface area contributed by atoms with Gasteiger partial charge in [0.2, 0.25) is 5.91 Å². The molecule has 2 atom stereocenters. The van der Waals surface area contributed by atoms with Gasteiger partial charge in [-0.15, -0.1) is 0 Å². The molecular weight excluding hydrogens is 268 g/mol. The van der Waals surface area contributed by atoms with Crippen LogP contribution in [0.5, 0.6) is 0 Å². The lowest BCUT2D eigenvalue weighted by molar-refractivity contribution is -0.126. The third-order valence-corrected chi connectivity index (χ3v) is 4.62. The van der Waals surface area contributed by atoms with Gasteiger partial charge in [-0.2, -0.15) is 0 Å². The summed E-state index contributed by atoms with van der Waals surface area (Å²) in [5.41, 5.74) is 0.582. The number of nitrogens with zero attached hydrogens (tertiary/aromatic N) is 1. The van der Waals surface area contributed by atoms with E-state index in [1.807, 2.05) is 4.90 Å². The Bertz CT molecular complexity index is 498. The van der Waals surface area contributed by atoms with Crippen LogP contribution in [-0.2, 0) is 4.79 Å². The first-order chi connectivity index (χ1) is 10.3. The molecule has 1 N–H and O–H groups in total. The molecule has 5 heteroatoms. The maximum absolute atomic E-state index is 12.7. The van der Waals surface area contributed by atoms with Gasteiger partial charge in [0.25, 0.3) is 5.91 Å². The fourth-order valence-electron chi connectivity index (χ4n) is 3.52. The molecule has 21 heavy (non-hydrogen) atoms. The highest BCUT2D eigenvalue weighted by Crippen LogP contribution is 2.32. The van der Waals surface area contributed by atoms with Crippen LogP contribution in [0, 0.1) is 5.92 Å². The van der Waals surface area contributed by atoms with Crippen molar-refractivity contribution in [2.24, 2.45) is 5.92 Å². The Balaban J connectivity index is 1.83.